The molecule has 1 aromatic heterocycles. The van der Waals surface area contributed by atoms with E-state index in [2.05, 4.69) is 10.4 Å². The normalized spacial score (nSPS) is 20.2. The van der Waals surface area contributed by atoms with Crippen molar-refractivity contribution < 1.29 is 14.3 Å². The van der Waals surface area contributed by atoms with Gasteiger partial charge in [0.25, 0.3) is 5.91 Å². The van der Waals surface area contributed by atoms with E-state index >= 15 is 0 Å². The molecule has 2 aliphatic heterocycles. The van der Waals surface area contributed by atoms with Crippen molar-refractivity contribution in [3.63, 3.8) is 0 Å². The number of ether oxygens (including phenoxy) is 2. The molecule has 0 spiro atoms. The number of fused-ring (bicyclic) bond motifs is 2. The van der Waals surface area contributed by atoms with Gasteiger partial charge < -0.3 is 14.8 Å². The fourth-order valence-corrected chi connectivity index (χ4v) is 3.55. The number of benzene rings is 1. The topological polar surface area (TPSA) is 65.4 Å². The van der Waals surface area contributed by atoms with Gasteiger partial charge >= 0.3 is 0 Å². The second-order valence-electron chi connectivity index (χ2n) is 7.24. The Labute approximate surface area is 151 Å². The monoisotopic (exact) mass is 361 g/mol. The van der Waals surface area contributed by atoms with Crippen molar-refractivity contribution in [3.8, 4) is 11.6 Å². The van der Waals surface area contributed by atoms with Gasteiger partial charge in [-0.1, -0.05) is 11.6 Å². The molecule has 0 saturated heterocycles. The summed E-state index contributed by atoms with van der Waals surface area (Å²) < 4.78 is 13.4. The summed E-state index contributed by atoms with van der Waals surface area (Å²) >= 11 is 6.04. The Kier molecular flexibility index (Phi) is 3.68. The molecule has 0 saturated carbocycles. The Morgan fingerprint density at radius 1 is 1.44 bits per heavy atom. The molecule has 1 aromatic carbocycles. The highest BCUT2D eigenvalue weighted by Crippen LogP contribution is 2.33. The number of aromatic nitrogens is 2. The molecular formula is C18H20ClN3O3. The van der Waals surface area contributed by atoms with Gasteiger partial charge in [-0.05, 0) is 51.0 Å². The van der Waals surface area contributed by atoms with E-state index in [-0.39, 0.29) is 17.6 Å². The third kappa shape index (κ3) is 2.95. The van der Waals surface area contributed by atoms with Crippen molar-refractivity contribution in [2.45, 2.75) is 45.4 Å². The van der Waals surface area contributed by atoms with Gasteiger partial charge in [-0.25, -0.2) is 4.68 Å². The maximum Gasteiger partial charge on any atom is 0.272 e. The maximum absolute atomic E-state index is 12.7. The van der Waals surface area contributed by atoms with Gasteiger partial charge in [0.1, 0.15) is 18.0 Å². The lowest BCUT2D eigenvalue weighted by Gasteiger charge is -2.26. The minimum Gasteiger partial charge on any atom is -0.491 e. The molecule has 132 valence electrons. The predicted octanol–water partition coefficient (Wildman–Crippen LogP) is 2.75. The molecule has 0 fully saturated rings. The fourth-order valence-electron chi connectivity index (χ4n) is 3.35. The largest absolute Gasteiger partial charge is 0.491 e. The van der Waals surface area contributed by atoms with Crippen molar-refractivity contribution >= 4 is 17.5 Å². The molecule has 0 unspecified atom stereocenters. The van der Waals surface area contributed by atoms with Gasteiger partial charge in [0.15, 0.2) is 5.69 Å². The average Bonchev–Trinajstić information content (AvgIpc) is 3.00. The number of hydrogen-bond donors (Lipinski definition) is 1. The zero-order valence-corrected chi connectivity index (χ0v) is 15.2. The summed E-state index contributed by atoms with van der Waals surface area (Å²) in [5.74, 6) is 1.29. The standard InChI is InChI=1S/C18H20ClN3O3/c1-10-15(21-22-9-18(2,3)25-17(10)22)16(23)20-13-7-11-6-12(19)4-5-14(11)24-8-13/h4-6,13H,7-9H2,1-3H3,(H,20,23)/t13-/m1/s1. The van der Waals surface area contributed by atoms with Crippen LogP contribution in [0.5, 0.6) is 11.6 Å². The second kappa shape index (κ2) is 5.66. The third-order valence-corrected chi connectivity index (χ3v) is 4.75. The smallest absolute Gasteiger partial charge is 0.272 e. The van der Waals surface area contributed by atoms with Crippen LogP contribution in [0, 0.1) is 6.92 Å². The lowest BCUT2D eigenvalue weighted by molar-refractivity contribution is 0.0905. The molecule has 1 atom stereocenters. The van der Waals surface area contributed by atoms with E-state index in [1.807, 2.05) is 32.9 Å². The summed E-state index contributed by atoms with van der Waals surface area (Å²) in [4.78, 5) is 12.7. The molecule has 6 nitrogen and oxygen atoms in total. The van der Waals surface area contributed by atoms with Gasteiger partial charge in [0, 0.05) is 10.6 Å². The van der Waals surface area contributed by atoms with Gasteiger partial charge in [-0.3, -0.25) is 4.79 Å². The Morgan fingerprint density at radius 3 is 3.00 bits per heavy atom. The van der Waals surface area contributed by atoms with E-state index in [0.717, 1.165) is 16.9 Å². The number of carbonyl (C=O) groups is 1. The number of carbonyl (C=O) groups excluding carboxylic acids is 1. The highest BCUT2D eigenvalue weighted by Gasteiger charge is 2.35. The van der Waals surface area contributed by atoms with Crippen LogP contribution in [0.2, 0.25) is 5.02 Å². The maximum atomic E-state index is 12.7. The van der Waals surface area contributed by atoms with Crippen LogP contribution in [0.15, 0.2) is 18.2 Å². The van der Waals surface area contributed by atoms with E-state index in [9.17, 15) is 4.79 Å². The van der Waals surface area contributed by atoms with E-state index in [1.54, 1.807) is 10.7 Å². The zero-order valence-electron chi connectivity index (χ0n) is 14.4. The molecule has 1 N–H and O–H groups in total. The van der Waals surface area contributed by atoms with Gasteiger partial charge in [0.2, 0.25) is 5.88 Å². The number of nitrogens with one attached hydrogen (secondary N) is 1. The molecule has 1 amide bonds. The highest BCUT2D eigenvalue weighted by atomic mass is 35.5. The van der Waals surface area contributed by atoms with Crippen LogP contribution in [0.3, 0.4) is 0 Å². The Bertz CT molecular complexity index is 859. The van der Waals surface area contributed by atoms with Crippen LogP contribution < -0.4 is 14.8 Å². The first-order valence-electron chi connectivity index (χ1n) is 8.31. The molecule has 2 aromatic rings. The SMILES string of the molecule is Cc1c(C(=O)N[C@H]2COc3ccc(Cl)cc3C2)nn2c1OC(C)(C)C2. The highest BCUT2D eigenvalue weighted by molar-refractivity contribution is 6.30. The van der Waals surface area contributed by atoms with Crippen LogP contribution in [0.25, 0.3) is 0 Å². The quantitative estimate of drug-likeness (QED) is 0.893. The summed E-state index contributed by atoms with van der Waals surface area (Å²) in [7, 11) is 0. The molecule has 2 aliphatic rings. The molecule has 3 heterocycles. The molecule has 7 heteroatoms. The van der Waals surface area contributed by atoms with Crippen LogP contribution in [-0.4, -0.2) is 33.9 Å². The minimum atomic E-state index is -0.289. The number of rotatable bonds is 2. The lowest BCUT2D eigenvalue weighted by atomic mass is 10.0. The molecule has 0 aliphatic carbocycles. The molecule has 0 bridgehead atoms. The number of nitrogens with zero attached hydrogens (tertiary/aromatic N) is 2. The third-order valence-electron chi connectivity index (χ3n) is 4.51. The van der Waals surface area contributed by atoms with Crippen molar-refractivity contribution in [3.05, 3.63) is 40.0 Å². The van der Waals surface area contributed by atoms with Gasteiger partial charge in [-0.15, -0.1) is 0 Å². The summed E-state index contributed by atoms with van der Waals surface area (Å²) in [6.45, 7) is 6.93. The fraction of sp³-hybridized carbons (Fsp3) is 0.444. The van der Waals surface area contributed by atoms with Crippen LogP contribution in [0.1, 0.15) is 35.5 Å². The van der Waals surface area contributed by atoms with Crippen LogP contribution in [-0.2, 0) is 13.0 Å². The van der Waals surface area contributed by atoms with E-state index < -0.39 is 0 Å². The van der Waals surface area contributed by atoms with Crippen molar-refractivity contribution in [2.75, 3.05) is 6.61 Å². The molecule has 4 rings (SSSR count). The van der Waals surface area contributed by atoms with Crippen molar-refractivity contribution in [2.24, 2.45) is 0 Å². The zero-order chi connectivity index (χ0) is 17.8. The number of halogens is 1. The Hall–Kier alpha value is -2.21. The lowest BCUT2D eigenvalue weighted by Crippen LogP contribution is -2.43. The Morgan fingerprint density at radius 2 is 2.24 bits per heavy atom. The molecular weight excluding hydrogens is 342 g/mol. The summed E-state index contributed by atoms with van der Waals surface area (Å²) in [6, 6.07) is 5.42. The van der Waals surface area contributed by atoms with Crippen molar-refractivity contribution in [1.82, 2.24) is 15.1 Å². The van der Waals surface area contributed by atoms with E-state index in [4.69, 9.17) is 21.1 Å². The minimum absolute atomic E-state index is 0.119. The van der Waals surface area contributed by atoms with Crippen LogP contribution >= 0.6 is 11.6 Å². The summed E-state index contributed by atoms with van der Waals surface area (Å²) in [6.07, 6.45) is 0.678. The number of amides is 1. The van der Waals surface area contributed by atoms with Crippen LogP contribution in [0.4, 0.5) is 0 Å². The van der Waals surface area contributed by atoms with Crippen molar-refractivity contribution in [1.29, 1.82) is 0 Å². The molecule has 0 radical (unpaired) electrons. The number of hydrogen-bond acceptors (Lipinski definition) is 4. The first kappa shape index (κ1) is 16.3. The molecule has 25 heavy (non-hydrogen) atoms. The van der Waals surface area contributed by atoms with Gasteiger partial charge in [0.05, 0.1) is 12.6 Å². The van der Waals surface area contributed by atoms with E-state index in [1.165, 1.54) is 0 Å². The first-order valence-corrected chi connectivity index (χ1v) is 8.69. The van der Waals surface area contributed by atoms with E-state index in [0.29, 0.717) is 36.2 Å². The summed E-state index contributed by atoms with van der Waals surface area (Å²) in [5, 5.41) is 8.10. The second-order valence-corrected chi connectivity index (χ2v) is 7.67. The summed E-state index contributed by atoms with van der Waals surface area (Å²) in [5.41, 5.74) is 1.88. The van der Waals surface area contributed by atoms with Gasteiger partial charge in [-0.2, -0.15) is 5.10 Å². The predicted molar refractivity (Wildman–Crippen MR) is 93.6 cm³/mol. The first-order chi connectivity index (χ1) is 11.8. The average molecular weight is 362 g/mol. The Balaban J connectivity index is 1.49.